The molecule has 1 N–H and O–H groups in total. The maximum absolute atomic E-state index is 12.8. The van der Waals surface area contributed by atoms with Crippen molar-refractivity contribution in [2.24, 2.45) is 0 Å². The topological polar surface area (TPSA) is 55.8 Å². The van der Waals surface area contributed by atoms with Gasteiger partial charge in [-0.3, -0.25) is 9.05 Å². The van der Waals surface area contributed by atoms with E-state index in [0.717, 1.165) is 0 Å². The summed E-state index contributed by atoms with van der Waals surface area (Å²) in [6, 6.07) is 0. The Morgan fingerprint density at radius 1 is 1.05 bits per heavy atom. The van der Waals surface area contributed by atoms with Crippen molar-refractivity contribution >= 4 is 7.82 Å². The van der Waals surface area contributed by atoms with Gasteiger partial charge in [-0.15, -0.1) is 0 Å². The summed E-state index contributed by atoms with van der Waals surface area (Å²) < 4.78 is 105. The zero-order valence-corrected chi connectivity index (χ0v) is 11.9. The van der Waals surface area contributed by atoms with E-state index >= 15 is 0 Å². The first-order valence-corrected chi connectivity index (χ1v) is 7.17. The molecule has 1 atom stereocenters. The van der Waals surface area contributed by atoms with Crippen molar-refractivity contribution < 1.29 is 49.2 Å². The highest BCUT2D eigenvalue weighted by Gasteiger charge is 2.73. The zero-order chi connectivity index (χ0) is 17.1. The van der Waals surface area contributed by atoms with Gasteiger partial charge in [0.2, 0.25) is 0 Å². The molecular formula is C9H14F7O4P. The smallest absolute Gasteiger partial charge is 0.302 e. The lowest BCUT2D eigenvalue weighted by atomic mass is 10.2. The molecule has 0 aromatic heterocycles. The molecule has 0 heterocycles. The molecule has 0 rings (SSSR count). The molecule has 0 aromatic rings. The predicted molar refractivity (Wildman–Crippen MR) is 57.2 cm³/mol. The Balaban J connectivity index is 4.87. The van der Waals surface area contributed by atoms with Crippen LogP contribution in [0.1, 0.15) is 26.7 Å². The van der Waals surface area contributed by atoms with E-state index in [1.54, 1.807) is 0 Å². The van der Waals surface area contributed by atoms with Gasteiger partial charge in [-0.2, -0.15) is 30.7 Å². The van der Waals surface area contributed by atoms with E-state index in [-0.39, 0.29) is 12.8 Å². The van der Waals surface area contributed by atoms with Gasteiger partial charge in [0.05, 0.1) is 6.10 Å². The minimum absolute atomic E-state index is 0.180. The third kappa shape index (κ3) is 5.39. The molecule has 4 nitrogen and oxygen atoms in total. The lowest BCUT2D eigenvalue weighted by Crippen LogP contribution is -2.54. The van der Waals surface area contributed by atoms with Crippen molar-refractivity contribution in [3.05, 3.63) is 0 Å². The molecule has 0 amide bonds. The first-order chi connectivity index (χ1) is 9.20. The summed E-state index contributed by atoms with van der Waals surface area (Å²) in [7, 11) is -5.18. The van der Waals surface area contributed by atoms with Crippen molar-refractivity contribution in [3.63, 3.8) is 0 Å². The Hall–Kier alpha value is -0.380. The van der Waals surface area contributed by atoms with Gasteiger partial charge < -0.3 is 4.89 Å². The average Bonchev–Trinajstić information content (AvgIpc) is 2.32. The molecule has 0 fully saturated rings. The molecule has 21 heavy (non-hydrogen) atoms. The summed E-state index contributed by atoms with van der Waals surface area (Å²) in [5.41, 5.74) is 0. The van der Waals surface area contributed by atoms with E-state index < -0.39 is 38.6 Å². The predicted octanol–water partition coefficient (Wildman–Crippen LogP) is 4.14. The van der Waals surface area contributed by atoms with Gasteiger partial charge in [0, 0.05) is 0 Å². The summed E-state index contributed by atoms with van der Waals surface area (Å²) in [5.74, 6) is -12.1. The second kappa shape index (κ2) is 6.80. The van der Waals surface area contributed by atoms with Crippen LogP contribution in [0.2, 0.25) is 0 Å². The molecule has 0 aliphatic carbocycles. The van der Waals surface area contributed by atoms with Crippen LogP contribution in [0.5, 0.6) is 0 Å². The Kier molecular flexibility index (Phi) is 6.68. The van der Waals surface area contributed by atoms with Crippen LogP contribution in [0.4, 0.5) is 30.7 Å². The minimum Gasteiger partial charge on any atom is -0.302 e. The Labute approximate surface area is 115 Å². The zero-order valence-electron chi connectivity index (χ0n) is 11.0. The molecule has 0 saturated carbocycles. The fraction of sp³-hybridized carbons (Fsp3) is 1.00. The highest BCUT2D eigenvalue weighted by Crippen LogP contribution is 2.51. The SMILES string of the molecule is CCC(CC)OP(=O)(O)OCC(F)(F)C(F)(F)C(F)(F)F. The summed E-state index contributed by atoms with van der Waals surface area (Å²) in [6.07, 6.45) is -7.06. The molecule has 128 valence electrons. The van der Waals surface area contributed by atoms with Crippen molar-refractivity contribution in [1.82, 2.24) is 0 Å². The van der Waals surface area contributed by atoms with E-state index in [1.165, 1.54) is 13.8 Å². The van der Waals surface area contributed by atoms with E-state index in [4.69, 9.17) is 4.89 Å². The number of hydrogen-bond acceptors (Lipinski definition) is 3. The van der Waals surface area contributed by atoms with Crippen LogP contribution in [0.3, 0.4) is 0 Å². The molecule has 0 spiro atoms. The number of rotatable bonds is 8. The van der Waals surface area contributed by atoms with Crippen LogP contribution in [0, 0.1) is 0 Å². The molecular weight excluding hydrogens is 336 g/mol. The Bertz CT molecular complexity index is 381. The van der Waals surface area contributed by atoms with Crippen molar-refractivity contribution in [3.8, 4) is 0 Å². The number of alkyl halides is 7. The highest BCUT2D eigenvalue weighted by atomic mass is 31.2. The first kappa shape index (κ1) is 20.6. The van der Waals surface area contributed by atoms with Crippen LogP contribution in [-0.4, -0.2) is 35.6 Å². The second-order valence-electron chi connectivity index (χ2n) is 4.06. The molecule has 12 heteroatoms. The van der Waals surface area contributed by atoms with Crippen molar-refractivity contribution in [2.75, 3.05) is 6.61 Å². The minimum atomic E-state index is -6.53. The molecule has 0 radical (unpaired) electrons. The fourth-order valence-electron chi connectivity index (χ4n) is 1.12. The number of phosphoric ester groups is 1. The number of halogens is 7. The molecule has 0 bridgehead atoms. The maximum Gasteiger partial charge on any atom is 0.472 e. The van der Waals surface area contributed by atoms with E-state index in [2.05, 4.69) is 9.05 Å². The van der Waals surface area contributed by atoms with Crippen LogP contribution < -0.4 is 0 Å². The summed E-state index contributed by atoms with van der Waals surface area (Å²) in [6.45, 7) is 0.411. The molecule has 0 aromatic carbocycles. The van der Waals surface area contributed by atoms with E-state index in [0.29, 0.717) is 0 Å². The fourth-order valence-corrected chi connectivity index (χ4v) is 2.18. The van der Waals surface area contributed by atoms with Gasteiger partial charge in [-0.1, -0.05) is 13.8 Å². The van der Waals surface area contributed by atoms with Crippen LogP contribution in [0.15, 0.2) is 0 Å². The van der Waals surface area contributed by atoms with Crippen LogP contribution in [0.25, 0.3) is 0 Å². The Morgan fingerprint density at radius 2 is 1.48 bits per heavy atom. The Morgan fingerprint density at radius 3 is 1.81 bits per heavy atom. The van der Waals surface area contributed by atoms with Crippen LogP contribution in [-0.2, 0) is 13.6 Å². The van der Waals surface area contributed by atoms with Gasteiger partial charge in [-0.05, 0) is 12.8 Å². The van der Waals surface area contributed by atoms with E-state index in [9.17, 15) is 35.3 Å². The molecule has 0 saturated heterocycles. The van der Waals surface area contributed by atoms with Gasteiger partial charge in [0.1, 0.15) is 6.61 Å². The van der Waals surface area contributed by atoms with E-state index in [1.807, 2.05) is 0 Å². The quantitative estimate of drug-likeness (QED) is 0.528. The number of hydrogen-bond donors (Lipinski definition) is 1. The normalized spacial score (nSPS) is 17.1. The second-order valence-corrected chi connectivity index (χ2v) is 5.47. The third-order valence-electron chi connectivity index (χ3n) is 2.42. The maximum atomic E-state index is 12.8. The van der Waals surface area contributed by atoms with Gasteiger partial charge in [-0.25, -0.2) is 4.57 Å². The summed E-state index contributed by atoms with van der Waals surface area (Å²) >= 11 is 0. The summed E-state index contributed by atoms with van der Waals surface area (Å²) in [5, 5.41) is 0. The standard InChI is InChI=1S/C9H14F7O4P/c1-3-6(4-2)20-21(17,18)19-5-7(10,11)8(12,13)9(14,15)16/h6H,3-5H2,1-2H3,(H,17,18). The number of phosphoric acid groups is 1. The molecule has 0 aliphatic rings. The van der Waals surface area contributed by atoms with Crippen LogP contribution >= 0.6 is 7.82 Å². The average molecular weight is 350 g/mol. The van der Waals surface area contributed by atoms with Gasteiger partial charge in [0.25, 0.3) is 0 Å². The van der Waals surface area contributed by atoms with Crippen molar-refractivity contribution in [2.45, 2.75) is 50.8 Å². The first-order valence-electron chi connectivity index (χ1n) is 5.68. The molecule has 0 aliphatic heterocycles. The largest absolute Gasteiger partial charge is 0.472 e. The monoisotopic (exact) mass is 350 g/mol. The molecule has 1 unspecified atom stereocenters. The van der Waals surface area contributed by atoms with Gasteiger partial charge >= 0.3 is 25.8 Å². The lowest BCUT2D eigenvalue weighted by molar-refractivity contribution is -0.358. The highest BCUT2D eigenvalue weighted by molar-refractivity contribution is 7.47. The lowest BCUT2D eigenvalue weighted by Gasteiger charge is -2.28. The van der Waals surface area contributed by atoms with Gasteiger partial charge in [0.15, 0.2) is 0 Å². The van der Waals surface area contributed by atoms with Crippen molar-refractivity contribution in [1.29, 1.82) is 0 Å². The third-order valence-corrected chi connectivity index (χ3v) is 3.44. The summed E-state index contributed by atoms with van der Waals surface area (Å²) in [4.78, 5) is 9.03.